The number of rotatable bonds is 5. The molecule has 0 amide bonds. The Morgan fingerprint density at radius 1 is 1.25 bits per heavy atom. The molecule has 5 nitrogen and oxygen atoms in total. The molecule has 0 radical (unpaired) electrons. The number of aliphatic hydroxyl groups excluding tert-OH is 1. The summed E-state index contributed by atoms with van der Waals surface area (Å²) in [6, 6.07) is 13.3. The maximum absolute atomic E-state index is 10.1. The van der Waals surface area contributed by atoms with Crippen molar-refractivity contribution in [2.24, 2.45) is 4.99 Å². The highest BCUT2D eigenvalue weighted by atomic mass is 16.5. The number of hydrogen-bond acceptors (Lipinski definition) is 5. The van der Waals surface area contributed by atoms with E-state index in [0.717, 1.165) is 54.5 Å². The number of aliphatic hydroxyl groups is 1. The quantitative estimate of drug-likeness (QED) is 0.858. The van der Waals surface area contributed by atoms with E-state index in [2.05, 4.69) is 67.1 Å². The van der Waals surface area contributed by atoms with Crippen molar-refractivity contribution in [1.29, 1.82) is 0 Å². The average molecular weight is 380 g/mol. The summed E-state index contributed by atoms with van der Waals surface area (Å²) in [7, 11) is 3.87. The minimum Gasteiger partial charge on any atom is -0.496 e. The summed E-state index contributed by atoms with van der Waals surface area (Å²) in [4.78, 5) is 9.21. The van der Waals surface area contributed by atoms with Gasteiger partial charge >= 0.3 is 0 Å². The van der Waals surface area contributed by atoms with Crippen LogP contribution in [-0.2, 0) is 13.1 Å². The van der Waals surface area contributed by atoms with Crippen LogP contribution in [0.1, 0.15) is 31.4 Å². The summed E-state index contributed by atoms with van der Waals surface area (Å²) in [6.07, 6.45) is 0.335. The molecule has 28 heavy (non-hydrogen) atoms. The Balaban J connectivity index is 1.69. The molecule has 4 rings (SSSR count). The number of amidine groups is 1. The molecule has 0 spiro atoms. The van der Waals surface area contributed by atoms with Crippen LogP contribution >= 0.6 is 0 Å². The van der Waals surface area contributed by atoms with Gasteiger partial charge in [-0.3, -0.25) is 4.90 Å². The first-order valence-electron chi connectivity index (χ1n) is 9.98. The number of aliphatic imine (C=N–C) groups is 1. The van der Waals surface area contributed by atoms with Crippen molar-refractivity contribution < 1.29 is 9.84 Å². The molecule has 2 aromatic rings. The molecule has 1 N–H and O–H groups in total. The standard InChI is InChI=1S/C23H29N3O2/c1-15(2)25(3)13-16-5-8-22(28-4)19(11-16)17-6-7-20-18(12-17)14-26-10-9-21(27)23(26)24-20/h5-8,11-12,15,21,27H,9-10,13-14H2,1-4H3. The molecule has 2 aliphatic heterocycles. The van der Waals surface area contributed by atoms with Gasteiger partial charge in [0, 0.05) is 31.2 Å². The van der Waals surface area contributed by atoms with Gasteiger partial charge in [0.05, 0.1) is 12.8 Å². The zero-order valence-electron chi connectivity index (χ0n) is 17.1. The number of hydrogen-bond donors (Lipinski definition) is 1. The van der Waals surface area contributed by atoms with Crippen molar-refractivity contribution in [1.82, 2.24) is 9.80 Å². The number of benzene rings is 2. The van der Waals surface area contributed by atoms with Gasteiger partial charge in [-0.15, -0.1) is 0 Å². The third kappa shape index (κ3) is 3.52. The fourth-order valence-electron chi connectivity index (χ4n) is 3.91. The summed E-state index contributed by atoms with van der Waals surface area (Å²) in [5.41, 5.74) is 5.68. The monoisotopic (exact) mass is 379 g/mol. The predicted molar refractivity (Wildman–Crippen MR) is 113 cm³/mol. The lowest BCUT2D eigenvalue weighted by Crippen LogP contribution is -2.31. The fourth-order valence-corrected chi connectivity index (χ4v) is 3.91. The second kappa shape index (κ2) is 7.57. The van der Waals surface area contributed by atoms with E-state index < -0.39 is 6.10 Å². The van der Waals surface area contributed by atoms with Gasteiger partial charge in [0.2, 0.25) is 0 Å². The van der Waals surface area contributed by atoms with Crippen molar-refractivity contribution in [3.8, 4) is 16.9 Å². The van der Waals surface area contributed by atoms with Crippen molar-refractivity contribution >= 4 is 11.5 Å². The Hall–Kier alpha value is -2.37. The lowest BCUT2D eigenvalue weighted by Gasteiger charge is -2.26. The normalized spacial score (nSPS) is 18.3. The molecule has 1 fully saturated rings. The van der Waals surface area contributed by atoms with Crippen molar-refractivity contribution in [3.05, 3.63) is 47.5 Å². The van der Waals surface area contributed by atoms with Crippen LogP contribution in [0.15, 0.2) is 41.4 Å². The third-order valence-corrected chi connectivity index (χ3v) is 5.86. The zero-order valence-corrected chi connectivity index (χ0v) is 17.1. The lowest BCUT2D eigenvalue weighted by molar-refractivity contribution is 0.245. The topological polar surface area (TPSA) is 48.3 Å². The summed E-state index contributed by atoms with van der Waals surface area (Å²) in [6.45, 7) is 6.98. The molecule has 1 saturated heterocycles. The second-order valence-electron chi connectivity index (χ2n) is 8.08. The van der Waals surface area contributed by atoms with Crippen LogP contribution in [0.3, 0.4) is 0 Å². The minimum atomic E-state index is -0.428. The molecule has 2 aromatic carbocycles. The maximum Gasteiger partial charge on any atom is 0.134 e. The van der Waals surface area contributed by atoms with Crippen LogP contribution in [0.4, 0.5) is 5.69 Å². The van der Waals surface area contributed by atoms with Crippen LogP contribution < -0.4 is 4.74 Å². The van der Waals surface area contributed by atoms with Gasteiger partial charge < -0.3 is 14.7 Å². The van der Waals surface area contributed by atoms with E-state index in [0.29, 0.717) is 6.04 Å². The van der Waals surface area contributed by atoms with E-state index in [1.165, 1.54) is 11.1 Å². The Labute approximate surface area is 167 Å². The van der Waals surface area contributed by atoms with Gasteiger partial charge in [-0.2, -0.15) is 0 Å². The summed E-state index contributed by atoms with van der Waals surface area (Å²) >= 11 is 0. The Morgan fingerprint density at radius 3 is 2.82 bits per heavy atom. The molecular formula is C23H29N3O2. The van der Waals surface area contributed by atoms with E-state index in [1.54, 1.807) is 7.11 Å². The van der Waals surface area contributed by atoms with Gasteiger partial charge in [-0.25, -0.2) is 4.99 Å². The van der Waals surface area contributed by atoms with E-state index in [9.17, 15) is 5.11 Å². The lowest BCUT2D eigenvalue weighted by atomic mass is 9.98. The van der Waals surface area contributed by atoms with Gasteiger partial charge in [0.1, 0.15) is 17.7 Å². The third-order valence-electron chi connectivity index (χ3n) is 5.86. The van der Waals surface area contributed by atoms with Crippen molar-refractivity contribution in [2.45, 2.75) is 45.5 Å². The van der Waals surface area contributed by atoms with Crippen LogP contribution in [0.25, 0.3) is 11.1 Å². The van der Waals surface area contributed by atoms with Crippen LogP contribution in [0.5, 0.6) is 5.75 Å². The van der Waals surface area contributed by atoms with Gasteiger partial charge in [-0.05, 0) is 68.3 Å². The maximum atomic E-state index is 10.1. The second-order valence-corrected chi connectivity index (χ2v) is 8.08. The molecular weight excluding hydrogens is 350 g/mol. The average Bonchev–Trinajstić information content (AvgIpc) is 3.05. The summed E-state index contributed by atoms with van der Waals surface area (Å²) < 4.78 is 5.65. The molecule has 1 atom stereocenters. The fraction of sp³-hybridized carbons (Fsp3) is 0.435. The SMILES string of the molecule is COc1ccc(CN(C)C(C)C)cc1-c1ccc2c(c1)CN1CCC(O)C1=N2. The molecule has 0 saturated carbocycles. The zero-order chi connectivity index (χ0) is 19.8. The van der Waals surface area contributed by atoms with Crippen LogP contribution in [-0.4, -0.2) is 53.6 Å². The molecule has 1 unspecified atom stereocenters. The Morgan fingerprint density at radius 2 is 2.07 bits per heavy atom. The molecule has 0 bridgehead atoms. The highest BCUT2D eigenvalue weighted by molar-refractivity contribution is 5.92. The van der Waals surface area contributed by atoms with Gasteiger partial charge in [-0.1, -0.05) is 12.1 Å². The summed E-state index contributed by atoms with van der Waals surface area (Å²) in [5.74, 6) is 1.70. The van der Waals surface area contributed by atoms with Gasteiger partial charge in [0.25, 0.3) is 0 Å². The van der Waals surface area contributed by atoms with Crippen LogP contribution in [0.2, 0.25) is 0 Å². The first-order chi connectivity index (χ1) is 13.5. The van der Waals surface area contributed by atoms with E-state index >= 15 is 0 Å². The Kier molecular flexibility index (Phi) is 5.13. The molecule has 5 heteroatoms. The van der Waals surface area contributed by atoms with Crippen molar-refractivity contribution in [2.75, 3.05) is 20.7 Å². The first-order valence-corrected chi connectivity index (χ1v) is 9.98. The number of methoxy groups -OCH3 is 1. The molecule has 0 aliphatic carbocycles. The van der Waals surface area contributed by atoms with Crippen LogP contribution in [0, 0.1) is 0 Å². The molecule has 0 aromatic heterocycles. The van der Waals surface area contributed by atoms with Crippen molar-refractivity contribution in [3.63, 3.8) is 0 Å². The minimum absolute atomic E-state index is 0.428. The summed E-state index contributed by atoms with van der Waals surface area (Å²) in [5, 5.41) is 10.1. The molecule has 2 aliphatic rings. The number of ether oxygens (including phenoxy) is 1. The highest BCUT2D eigenvalue weighted by Gasteiger charge is 2.31. The highest BCUT2D eigenvalue weighted by Crippen LogP contribution is 2.37. The first kappa shape index (κ1) is 19.0. The molecule has 148 valence electrons. The predicted octanol–water partition coefficient (Wildman–Crippen LogP) is 3.81. The smallest absolute Gasteiger partial charge is 0.134 e. The van der Waals surface area contributed by atoms with Gasteiger partial charge in [0.15, 0.2) is 0 Å². The Bertz CT molecular complexity index is 907. The van der Waals surface area contributed by atoms with E-state index in [1.807, 2.05) is 0 Å². The largest absolute Gasteiger partial charge is 0.496 e. The molecule has 2 heterocycles. The van der Waals surface area contributed by atoms with E-state index in [-0.39, 0.29) is 0 Å². The number of fused-ring (bicyclic) bond motifs is 2. The van der Waals surface area contributed by atoms with E-state index in [4.69, 9.17) is 9.73 Å². The number of nitrogens with zero attached hydrogens (tertiary/aromatic N) is 3.